The number of nitrogens with zero attached hydrogens (tertiary/aromatic N) is 4. The van der Waals surface area contributed by atoms with E-state index >= 15 is 0 Å². The Morgan fingerprint density at radius 2 is 2.09 bits per heavy atom. The molecule has 0 radical (unpaired) electrons. The van der Waals surface area contributed by atoms with Crippen LogP contribution >= 0.6 is 22.9 Å². The standard InChI is InChI=1S/C22H19ClFN5O2S/c1-3-31-20-14-8-12(5-7-17(14)27-21(25-2)29-20)10-18-19(30)28-22(32-18)26-11-13-4-6-16(24)15(23)9-13/h4-10,30H,3,11H2,1-2H3,(H,26,28)/b12-10+,25-21?. The lowest BCUT2D eigenvalue weighted by Gasteiger charge is -2.11. The number of guanidine groups is 1. The Kier molecular flexibility index (Phi) is 6.48. The fourth-order valence-corrected chi connectivity index (χ4v) is 4.03. The number of rotatable bonds is 5. The number of hydrogen-bond acceptors (Lipinski definition) is 6. The predicted molar refractivity (Wildman–Crippen MR) is 125 cm³/mol. The molecule has 1 aliphatic rings. The number of ether oxygens (including phenoxy) is 1. The minimum Gasteiger partial charge on any atom is -0.492 e. The molecule has 3 aromatic rings. The lowest BCUT2D eigenvalue weighted by Crippen LogP contribution is -2.27. The molecule has 0 unspecified atom stereocenters. The van der Waals surface area contributed by atoms with Crippen LogP contribution in [0.2, 0.25) is 5.02 Å². The Hall–Kier alpha value is -3.30. The molecular weight excluding hydrogens is 453 g/mol. The highest BCUT2D eigenvalue weighted by atomic mass is 35.5. The maximum absolute atomic E-state index is 13.3. The highest BCUT2D eigenvalue weighted by Crippen LogP contribution is 2.29. The van der Waals surface area contributed by atoms with Gasteiger partial charge in [0.1, 0.15) is 5.82 Å². The van der Waals surface area contributed by atoms with Gasteiger partial charge in [-0.25, -0.2) is 9.38 Å². The Bertz CT molecular complexity index is 1350. The molecule has 0 fully saturated rings. The molecule has 164 valence electrons. The fraction of sp³-hybridized carbons (Fsp3) is 0.182. The average Bonchev–Trinajstić information content (AvgIpc) is 3.14. The highest BCUT2D eigenvalue weighted by molar-refractivity contribution is 7.16. The van der Waals surface area contributed by atoms with Crippen molar-refractivity contribution in [2.75, 3.05) is 19.0 Å². The minimum atomic E-state index is -0.465. The van der Waals surface area contributed by atoms with Gasteiger partial charge in [0.2, 0.25) is 17.7 Å². The molecule has 2 aromatic carbocycles. The molecule has 0 saturated carbocycles. The number of nitrogens with one attached hydrogen (secondary N) is 1. The van der Waals surface area contributed by atoms with E-state index < -0.39 is 5.82 Å². The Labute approximate surface area is 192 Å². The summed E-state index contributed by atoms with van der Waals surface area (Å²) >= 11 is 7.12. The van der Waals surface area contributed by atoms with E-state index in [1.807, 2.05) is 31.2 Å². The van der Waals surface area contributed by atoms with E-state index in [1.54, 1.807) is 19.2 Å². The first-order valence-electron chi connectivity index (χ1n) is 9.73. The van der Waals surface area contributed by atoms with Gasteiger partial charge in [-0.3, -0.25) is 4.99 Å². The van der Waals surface area contributed by atoms with Crippen molar-refractivity contribution in [3.05, 3.63) is 73.8 Å². The minimum absolute atomic E-state index is 0.0618. The number of aromatic hydroxyl groups is 1. The van der Waals surface area contributed by atoms with Crippen molar-refractivity contribution >= 4 is 46.0 Å². The van der Waals surface area contributed by atoms with Crippen molar-refractivity contribution in [2.24, 2.45) is 15.0 Å². The average molecular weight is 472 g/mol. The second-order valence-corrected chi connectivity index (χ2v) is 8.15. The molecular formula is C22H19ClFN5O2S. The van der Waals surface area contributed by atoms with Crippen LogP contribution in [-0.4, -0.2) is 35.6 Å². The van der Waals surface area contributed by atoms with Crippen LogP contribution in [0.15, 0.2) is 51.4 Å². The molecule has 0 saturated heterocycles. The van der Waals surface area contributed by atoms with E-state index in [0.29, 0.717) is 35.0 Å². The third kappa shape index (κ3) is 4.79. The topological polar surface area (TPSA) is 91.5 Å². The van der Waals surface area contributed by atoms with Crippen LogP contribution in [-0.2, 0) is 11.3 Å². The molecule has 4 rings (SSSR count). The van der Waals surface area contributed by atoms with Crippen molar-refractivity contribution < 1.29 is 14.2 Å². The molecule has 0 amide bonds. The van der Waals surface area contributed by atoms with Gasteiger partial charge in [-0.05, 0) is 48.0 Å². The summed E-state index contributed by atoms with van der Waals surface area (Å²) in [6.45, 7) is 2.74. The van der Waals surface area contributed by atoms with E-state index in [2.05, 4.69) is 25.3 Å². The van der Waals surface area contributed by atoms with Crippen LogP contribution in [0.3, 0.4) is 0 Å². The molecule has 0 bridgehead atoms. The van der Waals surface area contributed by atoms with Crippen molar-refractivity contribution in [1.29, 1.82) is 0 Å². The van der Waals surface area contributed by atoms with Crippen molar-refractivity contribution in [1.82, 2.24) is 4.98 Å². The third-order valence-electron chi connectivity index (χ3n) is 4.51. The van der Waals surface area contributed by atoms with Crippen molar-refractivity contribution in [3.63, 3.8) is 0 Å². The summed E-state index contributed by atoms with van der Waals surface area (Å²) in [6.07, 6.45) is 1.82. The molecule has 0 atom stereocenters. The summed E-state index contributed by atoms with van der Waals surface area (Å²) in [5, 5.41) is 15.5. The molecule has 10 heteroatoms. The second-order valence-electron chi connectivity index (χ2n) is 6.72. The van der Waals surface area contributed by atoms with E-state index in [0.717, 1.165) is 21.7 Å². The summed E-state index contributed by atoms with van der Waals surface area (Å²) in [4.78, 5) is 17.5. The van der Waals surface area contributed by atoms with Gasteiger partial charge < -0.3 is 15.2 Å². The van der Waals surface area contributed by atoms with E-state index in [1.165, 1.54) is 17.4 Å². The third-order valence-corrected chi connectivity index (χ3v) is 5.75. The molecule has 32 heavy (non-hydrogen) atoms. The lowest BCUT2D eigenvalue weighted by atomic mass is 10.1. The number of halogens is 2. The predicted octanol–water partition coefficient (Wildman–Crippen LogP) is 3.48. The van der Waals surface area contributed by atoms with Gasteiger partial charge in [0.15, 0.2) is 5.13 Å². The smallest absolute Gasteiger partial charge is 0.248 e. The zero-order chi connectivity index (χ0) is 22.7. The maximum atomic E-state index is 13.3. The number of aromatic nitrogens is 1. The summed E-state index contributed by atoms with van der Waals surface area (Å²) in [6, 6.07) is 10.1. The molecule has 1 aromatic heterocycles. The second kappa shape index (κ2) is 9.46. The quantitative estimate of drug-likeness (QED) is 0.596. The van der Waals surface area contributed by atoms with E-state index in [9.17, 15) is 9.50 Å². The molecule has 2 N–H and O–H groups in total. The first kappa shape index (κ1) is 21.9. The van der Waals surface area contributed by atoms with Crippen molar-refractivity contribution in [3.8, 4) is 5.88 Å². The molecule has 2 heterocycles. The zero-order valence-corrected chi connectivity index (χ0v) is 18.8. The summed E-state index contributed by atoms with van der Waals surface area (Å²) < 4.78 is 19.0. The van der Waals surface area contributed by atoms with E-state index in [4.69, 9.17) is 16.3 Å². The van der Waals surface area contributed by atoms with Gasteiger partial charge in [0.25, 0.3) is 0 Å². The first-order chi connectivity index (χ1) is 15.5. The van der Waals surface area contributed by atoms with Crippen LogP contribution in [0.5, 0.6) is 5.88 Å². The van der Waals surface area contributed by atoms with Crippen molar-refractivity contribution in [2.45, 2.75) is 13.5 Å². The largest absolute Gasteiger partial charge is 0.492 e. The van der Waals surface area contributed by atoms with E-state index in [-0.39, 0.29) is 10.9 Å². The van der Waals surface area contributed by atoms with Gasteiger partial charge in [-0.1, -0.05) is 35.1 Å². The Morgan fingerprint density at radius 1 is 1.25 bits per heavy atom. The van der Waals surface area contributed by atoms with Gasteiger partial charge in [0.05, 0.1) is 27.4 Å². The summed E-state index contributed by atoms with van der Waals surface area (Å²) in [5.41, 5.74) is 1.55. The Morgan fingerprint density at radius 3 is 2.84 bits per heavy atom. The van der Waals surface area contributed by atoms with Crippen LogP contribution < -0.4 is 15.9 Å². The summed E-state index contributed by atoms with van der Waals surface area (Å²) in [5.74, 6) is 0.266. The lowest BCUT2D eigenvalue weighted by molar-refractivity contribution is 0.328. The SMILES string of the molecule is CCOC1=NC(=NC)N=c2cc/c(=C\c3sc(NCc4ccc(F)c(Cl)c4)nc3O)cc21. The normalized spacial score (nSPS) is 14.7. The Balaban J connectivity index is 1.60. The molecule has 0 aliphatic carbocycles. The van der Waals surface area contributed by atoms with Crippen LogP contribution in [0.1, 0.15) is 22.9 Å². The van der Waals surface area contributed by atoms with Gasteiger partial charge >= 0.3 is 0 Å². The zero-order valence-electron chi connectivity index (χ0n) is 17.3. The van der Waals surface area contributed by atoms with Crippen LogP contribution in [0.4, 0.5) is 9.52 Å². The van der Waals surface area contributed by atoms with Crippen LogP contribution in [0, 0.1) is 5.82 Å². The molecule has 0 spiro atoms. The molecule has 1 aliphatic heterocycles. The number of hydrogen-bond donors (Lipinski definition) is 2. The monoisotopic (exact) mass is 471 g/mol. The van der Waals surface area contributed by atoms with Gasteiger partial charge in [-0.2, -0.15) is 9.98 Å². The maximum Gasteiger partial charge on any atom is 0.248 e. The van der Waals surface area contributed by atoms with Gasteiger partial charge in [0, 0.05) is 13.6 Å². The summed E-state index contributed by atoms with van der Waals surface area (Å²) in [7, 11) is 1.63. The van der Waals surface area contributed by atoms with Crippen LogP contribution in [0.25, 0.3) is 6.08 Å². The fourth-order valence-electron chi connectivity index (χ4n) is 3.01. The first-order valence-corrected chi connectivity index (χ1v) is 10.9. The number of benzene rings is 2. The molecule has 7 nitrogen and oxygen atoms in total. The number of aliphatic imine (C=N–C) groups is 2. The number of anilines is 1. The number of thiazole rings is 1. The van der Waals surface area contributed by atoms with Gasteiger partial charge in [-0.15, -0.1) is 0 Å². The number of fused-ring (bicyclic) bond motifs is 1. The highest BCUT2D eigenvalue weighted by Gasteiger charge is 2.15.